The van der Waals surface area contributed by atoms with Crippen molar-refractivity contribution in [1.82, 2.24) is 5.32 Å². The van der Waals surface area contributed by atoms with E-state index in [-0.39, 0.29) is 0 Å². The molecule has 1 N–H and O–H groups in total. The van der Waals surface area contributed by atoms with E-state index in [2.05, 4.69) is 48.3 Å². The molecule has 2 nitrogen and oxygen atoms in total. The van der Waals surface area contributed by atoms with Crippen LogP contribution in [0.4, 0.5) is 0 Å². The van der Waals surface area contributed by atoms with Crippen LogP contribution in [-0.2, 0) is 0 Å². The smallest absolute Gasteiger partial charge is 0.119 e. The normalized spacial score (nSPS) is 24.4. The quantitative estimate of drug-likeness (QED) is 0.855. The first-order chi connectivity index (χ1) is 9.36. The summed E-state index contributed by atoms with van der Waals surface area (Å²) in [6, 6.07) is 9.25. The summed E-state index contributed by atoms with van der Waals surface area (Å²) in [6.45, 7) is 3.22. The number of rotatable bonds is 6. The van der Waals surface area contributed by atoms with Crippen molar-refractivity contribution in [2.75, 3.05) is 12.3 Å². The van der Waals surface area contributed by atoms with Gasteiger partial charge in [0.05, 0.1) is 6.10 Å². The zero-order valence-corrected chi connectivity index (χ0v) is 12.4. The van der Waals surface area contributed by atoms with Crippen LogP contribution in [0, 0.1) is 0 Å². The van der Waals surface area contributed by atoms with Crippen LogP contribution in [0.1, 0.15) is 44.2 Å². The van der Waals surface area contributed by atoms with Gasteiger partial charge in [0.15, 0.2) is 0 Å². The third kappa shape index (κ3) is 3.46. The van der Waals surface area contributed by atoms with Crippen LogP contribution >= 0.6 is 11.8 Å². The van der Waals surface area contributed by atoms with E-state index in [4.69, 9.17) is 4.74 Å². The Bertz CT molecular complexity index is 396. The van der Waals surface area contributed by atoms with Gasteiger partial charge >= 0.3 is 0 Å². The molecule has 1 saturated heterocycles. The first kappa shape index (κ1) is 13.3. The van der Waals surface area contributed by atoms with Gasteiger partial charge in [-0.05, 0) is 55.7 Å². The van der Waals surface area contributed by atoms with Gasteiger partial charge < -0.3 is 10.1 Å². The SMILES string of the molecule is CCNC(c1ccc(OC2CC2)cc1)C1CCCS1. The molecular weight excluding hydrogens is 254 g/mol. The topological polar surface area (TPSA) is 21.3 Å². The molecule has 3 rings (SSSR count). The van der Waals surface area contributed by atoms with E-state index in [1.165, 1.54) is 37.0 Å². The Labute approximate surface area is 120 Å². The minimum Gasteiger partial charge on any atom is -0.490 e. The van der Waals surface area contributed by atoms with Crippen LogP contribution in [0.3, 0.4) is 0 Å². The summed E-state index contributed by atoms with van der Waals surface area (Å²) >= 11 is 2.12. The highest BCUT2D eigenvalue weighted by molar-refractivity contribution is 8.00. The van der Waals surface area contributed by atoms with Gasteiger partial charge in [0, 0.05) is 11.3 Å². The van der Waals surface area contributed by atoms with Crippen LogP contribution in [0.15, 0.2) is 24.3 Å². The van der Waals surface area contributed by atoms with E-state index in [0.29, 0.717) is 12.1 Å². The van der Waals surface area contributed by atoms with Gasteiger partial charge in [-0.2, -0.15) is 11.8 Å². The molecule has 19 heavy (non-hydrogen) atoms. The van der Waals surface area contributed by atoms with E-state index in [1.54, 1.807) is 0 Å². The largest absolute Gasteiger partial charge is 0.490 e. The number of ether oxygens (including phenoxy) is 1. The van der Waals surface area contributed by atoms with Gasteiger partial charge in [0.25, 0.3) is 0 Å². The zero-order valence-electron chi connectivity index (χ0n) is 11.6. The molecule has 2 aliphatic rings. The summed E-state index contributed by atoms with van der Waals surface area (Å²) in [5.74, 6) is 2.34. The molecule has 0 aromatic heterocycles. The molecule has 2 atom stereocenters. The average molecular weight is 277 g/mol. The predicted octanol–water partition coefficient (Wildman–Crippen LogP) is 3.77. The van der Waals surface area contributed by atoms with Crippen molar-refractivity contribution in [3.05, 3.63) is 29.8 Å². The highest BCUT2D eigenvalue weighted by Crippen LogP contribution is 2.36. The fourth-order valence-electron chi connectivity index (χ4n) is 2.68. The van der Waals surface area contributed by atoms with E-state index in [1.807, 2.05) is 0 Å². The molecule has 1 aliphatic heterocycles. The van der Waals surface area contributed by atoms with Crippen molar-refractivity contribution in [2.45, 2.75) is 50.0 Å². The van der Waals surface area contributed by atoms with Crippen LogP contribution in [0.5, 0.6) is 5.75 Å². The summed E-state index contributed by atoms with van der Waals surface area (Å²) in [4.78, 5) is 0. The monoisotopic (exact) mass is 277 g/mol. The second-order valence-electron chi connectivity index (χ2n) is 5.47. The molecule has 2 unspecified atom stereocenters. The summed E-state index contributed by atoms with van der Waals surface area (Å²) < 4.78 is 5.82. The molecular formula is C16H23NOS. The van der Waals surface area contributed by atoms with Crippen molar-refractivity contribution < 1.29 is 4.74 Å². The maximum atomic E-state index is 5.82. The number of nitrogens with one attached hydrogen (secondary N) is 1. The van der Waals surface area contributed by atoms with Crippen molar-refractivity contribution in [3.63, 3.8) is 0 Å². The van der Waals surface area contributed by atoms with E-state index >= 15 is 0 Å². The van der Waals surface area contributed by atoms with Crippen molar-refractivity contribution in [3.8, 4) is 5.75 Å². The number of thioether (sulfide) groups is 1. The lowest BCUT2D eigenvalue weighted by atomic mass is 10.0. The Hall–Kier alpha value is -0.670. The lowest BCUT2D eigenvalue weighted by Crippen LogP contribution is -2.28. The van der Waals surface area contributed by atoms with Crippen molar-refractivity contribution in [2.24, 2.45) is 0 Å². The fraction of sp³-hybridized carbons (Fsp3) is 0.625. The van der Waals surface area contributed by atoms with Gasteiger partial charge in [0.1, 0.15) is 5.75 Å². The number of benzene rings is 1. The minimum atomic E-state index is 0.487. The second-order valence-corrected chi connectivity index (χ2v) is 6.82. The molecule has 1 heterocycles. The van der Waals surface area contributed by atoms with E-state index in [9.17, 15) is 0 Å². The molecule has 1 aliphatic carbocycles. The molecule has 3 heteroatoms. The average Bonchev–Trinajstić information content (AvgIpc) is 3.08. The first-order valence-corrected chi connectivity index (χ1v) is 8.53. The number of hydrogen-bond acceptors (Lipinski definition) is 3. The maximum absolute atomic E-state index is 5.82. The third-order valence-electron chi connectivity index (χ3n) is 3.83. The van der Waals surface area contributed by atoms with Gasteiger partial charge in [0.2, 0.25) is 0 Å². The molecule has 2 fully saturated rings. The zero-order chi connectivity index (χ0) is 13.1. The Balaban J connectivity index is 1.69. The van der Waals surface area contributed by atoms with Gasteiger partial charge in [-0.25, -0.2) is 0 Å². The standard InChI is InChI=1S/C16H23NOS/c1-2-17-16(15-4-3-11-19-15)12-5-7-13(8-6-12)18-14-9-10-14/h5-8,14-17H,2-4,9-11H2,1H3. The number of hydrogen-bond donors (Lipinski definition) is 1. The summed E-state index contributed by atoms with van der Waals surface area (Å²) in [7, 11) is 0. The minimum absolute atomic E-state index is 0.487. The van der Waals surface area contributed by atoms with Crippen LogP contribution in [0.2, 0.25) is 0 Å². The summed E-state index contributed by atoms with van der Waals surface area (Å²) in [5, 5.41) is 4.38. The van der Waals surface area contributed by atoms with E-state index in [0.717, 1.165) is 17.5 Å². The molecule has 0 spiro atoms. The highest BCUT2D eigenvalue weighted by Gasteiger charge is 2.27. The Morgan fingerprint density at radius 1 is 1.26 bits per heavy atom. The molecule has 0 bridgehead atoms. The Morgan fingerprint density at radius 2 is 2.05 bits per heavy atom. The molecule has 0 amide bonds. The molecule has 1 aromatic rings. The first-order valence-electron chi connectivity index (χ1n) is 7.48. The Morgan fingerprint density at radius 3 is 2.63 bits per heavy atom. The second kappa shape index (κ2) is 6.19. The lowest BCUT2D eigenvalue weighted by molar-refractivity contribution is 0.303. The van der Waals surface area contributed by atoms with Crippen LogP contribution < -0.4 is 10.1 Å². The summed E-state index contributed by atoms with van der Waals surface area (Å²) in [5.41, 5.74) is 1.41. The molecule has 1 saturated carbocycles. The van der Waals surface area contributed by atoms with Gasteiger partial charge in [-0.3, -0.25) is 0 Å². The Kier molecular flexibility index (Phi) is 4.34. The molecule has 104 valence electrons. The lowest BCUT2D eigenvalue weighted by Gasteiger charge is -2.24. The predicted molar refractivity (Wildman–Crippen MR) is 82.0 cm³/mol. The fourth-order valence-corrected chi connectivity index (χ4v) is 4.10. The van der Waals surface area contributed by atoms with Crippen molar-refractivity contribution in [1.29, 1.82) is 0 Å². The summed E-state index contributed by atoms with van der Waals surface area (Å²) in [6.07, 6.45) is 5.63. The van der Waals surface area contributed by atoms with Gasteiger partial charge in [-0.15, -0.1) is 0 Å². The van der Waals surface area contributed by atoms with Crippen molar-refractivity contribution >= 4 is 11.8 Å². The van der Waals surface area contributed by atoms with Crippen LogP contribution in [-0.4, -0.2) is 23.7 Å². The van der Waals surface area contributed by atoms with E-state index < -0.39 is 0 Å². The van der Waals surface area contributed by atoms with Gasteiger partial charge in [-0.1, -0.05) is 19.1 Å². The highest BCUT2D eigenvalue weighted by atomic mass is 32.2. The maximum Gasteiger partial charge on any atom is 0.119 e. The van der Waals surface area contributed by atoms with Crippen LogP contribution in [0.25, 0.3) is 0 Å². The third-order valence-corrected chi connectivity index (χ3v) is 5.29. The molecule has 1 aromatic carbocycles. The molecule has 0 radical (unpaired) electrons.